The van der Waals surface area contributed by atoms with Gasteiger partial charge in [-0.1, -0.05) is 82.1 Å². The van der Waals surface area contributed by atoms with Crippen LogP contribution in [0.3, 0.4) is 0 Å². The number of piperidine rings is 1. The molecule has 1 aromatic carbocycles. The first-order valence-electron chi connectivity index (χ1n) is 26.9. The molecule has 1 aliphatic carbocycles. The highest BCUT2D eigenvalue weighted by atomic mass is 35.5. The Morgan fingerprint density at radius 2 is 1.55 bits per heavy atom. The zero-order valence-electron chi connectivity index (χ0n) is 45.5. The van der Waals surface area contributed by atoms with Crippen molar-refractivity contribution in [2.45, 2.75) is 192 Å². The van der Waals surface area contributed by atoms with Crippen LogP contribution in [0.1, 0.15) is 126 Å². The molecular weight excluding hydrogens is 1010 g/mol. The number of Topliss-reactive ketones (excluding diaryl/α,β-unsaturated/α-hetero) is 3. The molecule has 16 nitrogen and oxygen atoms in total. The second kappa shape index (κ2) is 26.9. The van der Waals surface area contributed by atoms with Gasteiger partial charge in [0.15, 0.2) is 5.78 Å². The summed E-state index contributed by atoms with van der Waals surface area (Å²) in [5.74, 6) is -8.85. The average molecular weight is 1090 g/mol. The zero-order valence-corrected chi connectivity index (χ0v) is 47.0. The normalized spacial score (nSPS) is 38.5. The first-order chi connectivity index (χ1) is 35.5. The number of halogens is 2. The van der Waals surface area contributed by atoms with Gasteiger partial charge in [-0.2, -0.15) is 0 Å². The van der Waals surface area contributed by atoms with E-state index in [1.54, 1.807) is 71.3 Å². The van der Waals surface area contributed by atoms with Crippen LogP contribution >= 0.6 is 23.2 Å². The van der Waals surface area contributed by atoms with Gasteiger partial charge in [0.25, 0.3) is 11.7 Å². The van der Waals surface area contributed by atoms with Crippen LogP contribution < -0.4 is 5.06 Å². The number of methoxy groups -OCH3 is 3. The molecule has 17 atom stereocenters. The Balaban J connectivity index is 1.37. The van der Waals surface area contributed by atoms with Gasteiger partial charge >= 0.3 is 5.97 Å². The Morgan fingerprint density at radius 3 is 2.21 bits per heavy atom. The van der Waals surface area contributed by atoms with Crippen molar-refractivity contribution < 1.29 is 67.8 Å². The van der Waals surface area contributed by atoms with Crippen molar-refractivity contribution in [2.75, 3.05) is 32.9 Å². The first-order valence-corrected chi connectivity index (χ1v) is 27.7. The van der Waals surface area contributed by atoms with E-state index in [0.29, 0.717) is 79.1 Å². The van der Waals surface area contributed by atoms with Crippen molar-refractivity contribution in [3.05, 3.63) is 63.7 Å². The molecular formula is C57H82Cl2N2O14. The summed E-state index contributed by atoms with van der Waals surface area (Å²) in [7, 11) is 4.47. The molecule has 3 fully saturated rings. The van der Waals surface area contributed by atoms with E-state index in [0.717, 1.165) is 5.57 Å². The van der Waals surface area contributed by atoms with E-state index in [2.05, 4.69) is 0 Å². The minimum Gasteiger partial charge on any atom is -0.460 e. The predicted molar refractivity (Wildman–Crippen MR) is 284 cm³/mol. The number of hydrogen-bond acceptors (Lipinski definition) is 15. The number of ether oxygens (including phenoxy) is 5. The van der Waals surface area contributed by atoms with Gasteiger partial charge in [-0.3, -0.25) is 24.0 Å². The molecule has 75 heavy (non-hydrogen) atoms. The third-order valence-corrected chi connectivity index (χ3v) is 17.2. The standard InChI is InChI=1S/C57H82Cl2N2O14/c1-31-24-35(5)51(64)53(72-10)52(65)36(6)25-32(2)46(63)30-48(33(3)26-38-18-22-45(62)49(28-38)71-9)73-56(68)44-16-11-12-23-60(44)55(67)54(66)57(69)37(7)17-19-39(74-57)29-47(70-8)34(4)27-40-20-21-43(31)61(75-40)50-41(58)14-13-15-42(50)59/h13-15,20-21,25,27,31-33,35,37-40,43-45,47-49,52-53,62,65,69H,11-12,16-19,22-24,26,28-30H2,1-10H3/b34-27+,36-25+/t31-,32+,33+,35+,37?,38+,39-,40+,43-,44-,45-,47-,48-,49-,52+,53-,57+/m0/s1. The fourth-order valence-electron chi connectivity index (χ4n) is 11.9. The number of amides is 1. The van der Waals surface area contributed by atoms with Crippen LogP contribution in [0.5, 0.6) is 0 Å². The van der Waals surface area contributed by atoms with Crippen LogP contribution in [-0.2, 0) is 52.5 Å². The lowest BCUT2D eigenvalue weighted by Crippen LogP contribution is -2.61. The summed E-state index contributed by atoms with van der Waals surface area (Å²) in [5.41, 5.74) is 1.53. The van der Waals surface area contributed by atoms with Crippen LogP contribution in [0.25, 0.3) is 0 Å². The molecule has 6 aliphatic rings. The smallest absolute Gasteiger partial charge is 0.329 e. The van der Waals surface area contributed by atoms with E-state index >= 15 is 0 Å². The minimum atomic E-state index is -2.50. The third-order valence-electron chi connectivity index (χ3n) is 16.6. The lowest BCUT2D eigenvalue weighted by atomic mass is 9.78. The summed E-state index contributed by atoms with van der Waals surface area (Å²) < 4.78 is 29.8. The largest absolute Gasteiger partial charge is 0.460 e. The highest BCUT2D eigenvalue weighted by Crippen LogP contribution is 2.41. The number of ketones is 3. The number of carbonyl (C=O) groups is 5. The van der Waals surface area contributed by atoms with E-state index in [1.807, 2.05) is 39.0 Å². The summed E-state index contributed by atoms with van der Waals surface area (Å²) >= 11 is 13.6. The first kappa shape index (κ1) is 60.7. The van der Waals surface area contributed by atoms with Crippen molar-refractivity contribution in [2.24, 2.45) is 35.5 Å². The Kier molecular flexibility index (Phi) is 21.7. The van der Waals surface area contributed by atoms with Gasteiger partial charge in [-0.15, -0.1) is 0 Å². The number of rotatable bonds is 7. The van der Waals surface area contributed by atoms with Crippen molar-refractivity contribution >= 4 is 58.1 Å². The lowest BCUT2D eigenvalue weighted by molar-refractivity contribution is -0.265. The quantitative estimate of drug-likeness (QED) is 0.134. The van der Waals surface area contributed by atoms with Gasteiger partial charge in [0.1, 0.15) is 41.9 Å². The van der Waals surface area contributed by atoms with Gasteiger partial charge in [0, 0.05) is 58.5 Å². The fraction of sp³-hybridized carbons (Fsp3) is 0.702. The zero-order chi connectivity index (χ0) is 55.1. The SMILES string of the molecule is CO[C@H]1C[C@@H]2CCC(C)[C@@](O)(O2)C(=O)C(=O)N2CCCC[C@H]2C(=O)O[C@H]([C@H](C)C[C@H]2CC[C@H](O)[C@@H](OC)C2)CC(=O)[C@H](C)/C=C(\C)[C@@H](O)[C@@H](OC)C(=O)[C@H](C)C[C@H](C)[C@@H]2C=C[C@H](/C=C/1C)ON2c1c(Cl)cccc1Cl. The van der Waals surface area contributed by atoms with E-state index in [9.17, 15) is 39.3 Å². The van der Waals surface area contributed by atoms with Gasteiger partial charge in [-0.05, 0) is 125 Å². The number of nitrogens with zero attached hydrogens (tertiary/aromatic N) is 2. The molecule has 7 rings (SSSR count). The molecule has 1 amide bonds. The molecule has 1 unspecified atom stereocenters. The highest BCUT2D eigenvalue weighted by molar-refractivity contribution is 6.39. The summed E-state index contributed by atoms with van der Waals surface area (Å²) in [6, 6.07) is 3.51. The second-order valence-corrected chi connectivity index (χ2v) is 23.0. The van der Waals surface area contributed by atoms with E-state index < -0.39 is 96.0 Å². The molecule has 5 heterocycles. The maximum absolute atomic E-state index is 14.5. The van der Waals surface area contributed by atoms with Crippen LogP contribution in [0.4, 0.5) is 5.69 Å². The van der Waals surface area contributed by atoms with Crippen molar-refractivity contribution in [3.8, 4) is 0 Å². The minimum absolute atomic E-state index is 0.0561. The molecule has 0 radical (unpaired) electrons. The number of hydrogen-bond donors (Lipinski definition) is 3. The Bertz CT molecular complexity index is 2250. The topological polar surface area (TPSA) is 208 Å². The van der Waals surface area contributed by atoms with Gasteiger partial charge in [0.2, 0.25) is 5.79 Å². The summed E-state index contributed by atoms with van der Waals surface area (Å²) in [6.07, 6.45) is 5.60. The molecule has 418 valence electrons. The van der Waals surface area contributed by atoms with Crippen LogP contribution in [0.15, 0.2) is 53.6 Å². The predicted octanol–water partition coefficient (Wildman–Crippen LogP) is 8.12. The second-order valence-electron chi connectivity index (χ2n) is 22.2. The number of aliphatic hydroxyl groups excluding tert-OH is 2. The highest BCUT2D eigenvalue weighted by Gasteiger charge is 2.53. The molecule has 0 spiro atoms. The lowest BCUT2D eigenvalue weighted by Gasteiger charge is -2.43. The van der Waals surface area contributed by atoms with E-state index in [-0.39, 0.29) is 61.2 Å². The number of para-hydroxylation sites is 1. The maximum atomic E-state index is 14.5. The molecule has 3 N–H and O–H groups in total. The average Bonchev–Trinajstić information content (AvgIpc) is 3.38. The molecule has 0 aromatic heterocycles. The van der Waals surface area contributed by atoms with Crippen molar-refractivity contribution in [1.29, 1.82) is 0 Å². The van der Waals surface area contributed by atoms with Gasteiger partial charge in [-0.25, -0.2) is 9.86 Å². The summed E-state index contributed by atoms with van der Waals surface area (Å²) in [5, 5.41) is 36.8. The van der Waals surface area contributed by atoms with Gasteiger partial charge in [0.05, 0.1) is 40.5 Å². The van der Waals surface area contributed by atoms with Crippen LogP contribution in [0.2, 0.25) is 10.0 Å². The number of esters is 1. The monoisotopic (exact) mass is 1090 g/mol. The number of carbonyl (C=O) groups excluding carboxylic acids is 5. The Hall–Kier alpha value is -3.55. The Labute approximate surface area is 453 Å². The number of aliphatic hydroxyl groups is 3. The number of hydroxylamine groups is 1. The fourth-order valence-corrected chi connectivity index (χ4v) is 12.4. The number of fused-ring (bicyclic) bond motifs is 16. The summed E-state index contributed by atoms with van der Waals surface area (Å²) in [6.45, 7) is 12.6. The van der Waals surface area contributed by atoms with Crippen LogP contribution in [0, 0.1) is 35.5 Å². The maximum Gasteiger partial charge on any atom is 0.329 e. The number of anilines is 1. The van der Waals surface area contributed by atoms with Crippen LogP contribution in [-0.4, -0.2) is 144 Å². The molecule has 4 bridgehead atoms. The molecule has 5 aliphatic heterocycles. The Morgan fingerprint density at radius 1 is 0.840 bits per heavy atom. The molecule has 2 saturated heterocycles. The number of allylic oxidation sites excluding steroid dienone is 1. The molecule has 1 saturated carbocycles. The van der Waals surface area contributed by atoms with Crippen molar-refractivity contribution in [3.63, 3.8) is 0 Å². The van der Waals surface area contributed by atoms with Crippen molar-refractivity contribution in [1.82, 2.24) is 4.90 Å². The van der Waals surface area contributed by atoms with E-state index in [1.165, 1.54) is 12.0 Å². The van der Waals surface area contributed by atoms with E-state index in [4.69, 9.17) is 51.7 Å². The summed E-state index contributed by atoms with van der Waals surface area (Å²) in [4.78, 5) is 79.9. The third kappa shape index (κ3) is 14.4. The molecule has 18 heteroatoms. The molecule has 1 aromatic rings. The number of benzene rings is 1. The van der Waals surface area contributed by atoms with Gasteiger partial charge < -0.3 is 43.9 Å².